The van der Waals surface area contributed by atoms with Crippen LogP contribution in [0.4, 0.5) is 0 Å². The van der Waals surface area contributed by atoms with Crippen LogP contribution in [0, 0.1) is 11.3 Å². The van der Waals surface area contributed by atoms with Gasteiger partial charge in [-0.1, -0.05) is 6.92 Å². The predicted octanol–water partition coefficient (Wildman–Crippen LogP) is 0.919. The zero-order valence-corrected chi connectivity index (χ0v) is 10.8. The summed E-state index contributed by atoms with van der Waals surface area (Å²) < 4.78 is 5.33. The zero-order valence-electron chi connectivity index (χ0n) is 10.8. The fourth-order valence-corrected chi connectivity index (χ4v) is 2.79. The van der Waals surface area contributed by atoms with Crippen molar-refractivity contribution in [3.05, 3.63) is 0 Å². The molecule has 17 heavy (non-hydrogen) atoms. The highest BCUT2D eigenvalue weighted by atomic mass is 16.5. The van der Waals surface area contributed by atoms with Gasteiger partial charge in [-0.05, 0) is 38.1 Å². The van der Waals surface area contributed by atoms with Gasteiger partial charge < -0.3 is 15.4 Å². The average molecular weight is 240 g/mol. The minimum absolute atomic E-state index is 0.147. The van der Waals surface area contributed by atoms with Crippen molar-refractivity contribution in [2.45, 2.75) is 32.6 Å². The second-order valence-corrected chi connectivity index (χ2v) is 5.33. The second-order valence-electron chi connectivity index (χ2n) is 5.33. The van der Waals surface area contributed by atoms with Crippen molar-refractivity contribution in [2.24, 2.45) is 11.3 Å². The van der Waals surface area contributed by atoms with Crippen molar-refractivity contribution in [3.63, 3.8) is 0 Å². The van der Waals surface area contributed by atoms with Crippen LogP contribution >= 0.6 is 0 Å². The highest BCUT2D eigenvalue weighted by Crippen LogP contribution is 2.29. The van der Waals surface area contributed by atoms with Gasteiger partial charge in [-0.2, -0.15) is 0 Å². The first-order valence-corrected chi connectivity index (χ1v) is 6.83. The van der Waals surface area contributed by atoms with Crippen molar-refractivity contribution in [1.29, 1.82) is 0 Å². The Labute approximate surface area is 103 Å². The highest BCUT2D eigenvalue weighted by Gasteiger charge is 2.39. The fraction of sp³-hybridized carbons (Fsp3) is 0.923. The van der Waals surface area contributed by atoms with Gasteiger partial charge in [0.25, 0.3) is 0 Å². The molecule has 2 aliphatic heterocycles. The van der Waals surface area contributed by atoms with E-state index in [1.165, 1.54) is 0 Å². The summed E-state index contributed by atoms with van der Waals surface area (Å²) in [4.78, 5) is 12.2. The van der Waals surface area contributed by atoms with Gasteiger partial charge in [0.2, 0.25) is 5.91 Å². The van der Waals surface area contributed by atoms with Gasteiger partial charge in [0, 0.05) is 26.3 Å². The molecule has 0 radical (unpaired) electrons. The summed E-state index contributed by atoms with van der Waals surface area (Å²) in [5.41, 5.74) is -0.147. The van der Waals surface area contributed by atoms with Gasteiger partial charge in [-0.15, -0.1) is 0 Å². The molecule has 98 valence electrons. The molecule has 0 aliphatic carbocycles. The summed E-state index contributed by atoms with van der Waals surface area (Å²) in [6.07, 6.45) is 4.11. The lowest BCUT2D eigenvalue weighted by atomic mass is 9.83. The molecule has 2 aliphatic rings. The Bertz CT molecular complexity index is 256. The summed E-state index contributed by atoms with van der Waals surface area (Å²) in [5.74, 6) is 0.887. The first kappa shape index (κ1) is 12.8. The quantitative estimate of drug-likeness (QED) is 0.751. The van der Waals surface area contributed by atoms with Crippen molar-refractivity contribution in [3.8, 4) is 0 Å². The maximum absolute atomic E-state index is 12.2. The molecule has 4 heteroatoms. The SMILES string of the molecule is CCC1(C(=O)NCCC2CCOC2)CCNC1. The zero-order chi connectivity index (χ0) is 12.1. The third-order valence-electron chi connectivity index (χ3n) is 4.26. The third kappa shape index (κ3) is 2.99. The van der Waals surface area contributed by atoms with Crippen molar-refractivity contribution < 1.29 is 9.53 Å². The van der Waals surface area contributed by atoms with E-state index < -0.39 is 0 Å². The van der Waals surface area contributed by atoms with E-state index in [2.05, 4.69) is 17.6 Å². The molecule has 2 unspecified atom stereocenters. The molecule has 1 amide bonds. The van der Waals surface area contributed by atoms with Crippen LogP contribution in [-0.4, -0.2) is 38.8 Å². The highest BCUT2D eigenvalue weighted by molar-refractivity contribution is 5.83. The Kier molecular flexibility index (Phi) is 4.40. The van der Waals surface area contributed by atoms with Crippen LogP contribution in [0.5, 0.6) is 0 Å². The summed E-state index contributed by atoms with van der Waals surface area (Å²) in [7, 11) is 0. The monoisotopic (exact) mass is 240 g/mol. The molecule has 2 atom stereocenters. The third-order valence-corrected chi connectivity index (χ3v) is 4.26. The molecule has 0 bridgehead atoms. The molecule has 0 aromatic carbocycles. The van der Waals surface area contributed by atoms with Gasteiger partial charge in [0.1, 0.15) is 0 Å². The van der Waals surface area contributed by atoms with E-state index in [0.717, 1.165) is 58.5 Å². The molecule has 4 nitrogen and oxygen atoms in total. The maximum Gasteiger partial charge on any atom is 0.227 e. The van der Waals surface area contributed by atoms with E-state index in [4.69, 9.17) is 4.74 Å². The molecular formula is C13H24N2O2. The van der Waals surface area contributed by atoms with Crippen LogP contribution in [0.1, 0.15) is 32.6 Å². The number of amides is 1. The number of carbonyl (C=O) groups is 1. The van der Waals surface area contributed by atoms with E-state index in [0.29, 0.717) is 5.92 Å². The van der Waals surface area contributed by atoms with Gasteiger partial charge in [-0.3, -0.25) is 4.79 Å². The summed E-state index contributed by atoms with van der Waals surface area (Å²) >= 11 is 0. The molecule has 2 fully saturated rings. The predicted molar refractivity (Wildman–Crippen MR) is 66.8 cm³/mol. The largest absolute Gasteiger partial charge is 0.381 e. The lowest BCUT2D eigenvalue weighted by Crippen LogP contribution is -2.42. The lowest BCUT2D eigenvalue weighted by Gasteiger charge is -2.25. The molecule has 0 aromatic heterocycles. The summed E-state index contributed by atoms with van der Waals surface area (Å²) in [5, 5.41) is 6.40. The van der Waals surface area contributed by atoms with E-state index in [-0.39, 0.29) is 11.3 Å². The number of hydrogen-bond acceptors (Lipinski definition) is 3. The first-order chi connectivity index (χ1) is 8.27. The summed E-state index contributed by atoms with van der Waals surface area (Å²) in [6.45, 7) is 6.48. The van der Waals surface area contributed by atoms with Crippen LogP contribution in [0.3, 0.4) is 0 Å². The minimum Gasteiger partial charge on any atom is -0.381 e. The van der Waals surface area contributed by atoms with Crippen LogP contribution in [0.15, 0.2) is 0 Å². The van der Waals surface area contributed by atoms with E-state index in [1.807, 2.05) is 0 Å². The van der Waals surface area contributed by atoms with Gasteiger partial charge in [-0.25, -0.2) is 0 Å². The Morgan fingerprint density at radius 2 is 2.47 bits per heavy atom. The smallest absolute Gasteiger partial charge is 0.227 e. The molecule has 2 rings (SSSR count). The summed E-state index contributed by atoms with van der Waals surface area (Å²) in [6, 6.07) is 0. The van der Waals surface area contributed by atoms with Gasteiger partial charge in [0.05, 0.1) is 5.41 Å². The molecule has 0 aromatic rings. The van der Waals surface area contributed by atoms with Crippen LogP contribution < -0.4 is 10.6 Å². The standard InChI is InChI=1S/C13H24N2O2/c1-2-13(5-7-14-10-13)12(16)15-6-3-11-4-8-17-9-11/h11,14H,2-10H2,1H3,(H,15,16). The molecule has 0 spiro atoms. The number of hydrogen-bond donors (Lipinski definition) is 2. The van der Waals surface area contributed by atoms with Crippen molar-refractivity contribution in [1.82, 2.24) is 10.6 Å². The molecule has 2 saturated heterocycles. The molecule has 2 heterocycles. The number of carbonyl (C=O) groups excluding carboxylic acids is 1. The Hall–Kier alpha value is -0.610. The molecular weight excluding hydrogens is 216 g/mol. The Morgan fingerprint density at radius 3 is 3.06 bits per heavy atom. The fourth-order valence-electron chi connectivity index (χ4n) is 2.79. The average Bonchev–Trinajstić information content (AvgIpc) is 3.00. The van der Waals surface area contributed by atoms with Crippen molar-refractivity contribution >= 4 is 5.91 Å². The van der Waals surface area contributed by atoms with E-state index in [9.17, 15) is 4.79 Å². The molecule has 0 saturated carbocycles. The van der Waals surface area contributed by atoms with Crippen LogP contribution in [0.25, 0.3) is 0 Å². The van der Waals surface area contributed by atoms with Gasteiger partial charge >= 0.3 is 0 Å². The first-order valence-electron chi connectivity index (χ1n) is 6.83. The van der Waals surface area contributed by atoms with E-state index in [1.54, 1.807) is 0 Å². The molecule has 2 N–H and O–H groups in total. The topological polar surface area (TPSA) is 50.4 Å². The maximum atomic E-state index is 12.2. The van der Waals surface area contributed by atoms with Crippen molar-refractivity contribution in [2.75, 3.05) is 32.8 Å². The van der Waals surface area contributed by atoms with Gasteiger partial charge in [0.15, 0.2) is 0 Å². The number of ether oxygens (including phenoxy) is 1. The van der Waals surface area contributed by atoms with Crippen LogP contribution in [0.2, 0.25) is 0 Å². The number of rotatable bonds is 5. The normalized spacial score (nSPS) is 32.9. The van der Waals surface area contributed by atoms with Crippen LogP contribution in [-0.2, 0) is 9.53 Å². The Balaban J connectivity index is 1.72. The Morgan fingerprint density at radius 1 is 1.59 bits per heavy atom. The lowest BCUT2D eigenvalue weighted by molar-refractivity contribution is -0.130. The minimum atomic E-state index is -0.147. The number of nitrogens with one attached hydrogen (secondary N) is 2. The van der Waals surface area contributed by atoms with E-state index >= 15 is 0 Å². The second kappa shape index (κ2) is 5.83.